The van der Waals surface area contributed by atoms with Crippen LogP contribution in [-0.2, 0) is 19.2 Å². The number of halogens is 1. The van der Waals surface area contributed by atoms with Gasteiger partial charge in [-0.2, -0.15) is 0 Å². The average molecular weight is 374 g/mol. The minimum Gasteiger partial charge on any atom is -0.331 e. The van der Waals surface area contributed by atoms with Crippen molar-refractivity contribution in [2.24, 2.45) is 23.7 Å². The summed E-state index contributed by atoms with van der Waals surface area (Å²) in [6.45, 7) is 7.52. The molecule has 5 fully saturated rings. The molecular formula is C19H32ClNO4. The summed E-state index contributed by atoms with van der Waals surface area (Å²) in [6, 6.07) is 0. The molecule has 1 spiro atoms. The second-order valence-corrected chi connectivity index (χ2v) is 9.05. The van der Waals surface area contributed by atoms with Gasteiger partial charge in [0.05, 0.1) is 0 Å². The van der Waals surface area contributed by atoms with Gasteiger partial charge in [0, 0.05) is 24.1 Å². The lowest BCUT2D eigenvalue weighted by Crippen LogP contribution is -2.71. The topological polar surface area (TPSA) is 49.0 Å². The highest BCUT2D eigenvalue weighted by Crippen LogP contribution is 2.60. The van der Waals surface area contributed by atoms with Crippen molar-refractivity contribution in [1.29, 1.82) is 0 Å². The fourth-order valence-corrected chi connectivity index (χ4v) is 5.79. The second-order valence-electron chi connectivity index (χ2n) is 8.68. The Balaban J connectivity index is 1.58. The molecule has 0 aromatic heterocycles. The number of rotatable bonds is 5. The number of alkyl halides is 1. The summed E-state index contributed by atoms with van der Waals surface area (Å²) in [6.07, 6.45) is 6.05. The summed E-state index contributed by atoms with van der Waals surface area (Å²) in [5, 5.41) is 3.59. The van der Waals surface area contributed by atoms with Gasteiger partial charge in [-0.3, -0.25) is 5.32 Å². The Kier molecular flexibility index (Phi) is 5.11. The van der Waals surface area contributed by atoms with Gasteiger partial charge in [0.1, 0.15) is 6.23 Å². The normalized spacial score (nSPS) is 51.8. The lowest BCUT2D eigenvalue weighted by atomic mass is 9.58. The zero-order chi connectivity index (χ0) is 17.7. The molecule has 0 radical (unpaired) electrons. The van der Waals surface area contributed by atoms with Crippen molar-refractivity contribution in [1.82, 2.24) is 5.32 Å². The molecule has 6 heteroatoms. The average Bonchev–Trinajstić information content (AvgIpc) is 2.82. The zero-order valence-electron chi connectivity index (χ0n) is 15.6. The van der Waals surface area contributed by atoms with E-state index in [9.17, 15) is 0 Å². The van der Waals surface area contributed by atoms with Crippen LogP contribution in [-0.4, -0.2) is 36.3 Å². The highest BCUT2D eigenvalue weighted by molar-refractivity contribution is 6.17. The van der Waals surface area contributed by atoms with E-state index in [0.717, 1.165) is 38.6 Å². The Labute approximate surface area is 156 Å². The van der Waals surface area contributed by atoms with Gasteiger partial charge in [0.25, 0.3) is 0 Å². The molecular weight excluding hydrogens is 342 g/mol. The maximum absolute atomic E-state index is 6.47. The van der Waals surface area contributed by atoms with Gasteiger partial charge in [-0.25, -0.2) is 9.78 Å². The van der Waals surface area contributed by atoms with E-state index in [1.54, 1.807) is 0 Å². The molecule has 1 N–H and O–H groups in total. The standard InChI is InChI=1S/C19H32ClNO4/c1-12-6-7-15-13(2)16(21-11-5-4-10-20)22-17-19(15)14(12)8-9-18(3,23-17)24-25-19/h12-17,21H,4-11H2,1-3H3/t12-,13-,14+,15+,16?,17-,18+,19-/m1/s1. The van der Waals surface area contributed by atoms with Crippen LogP contribution in [0.2, 0.25) is 0 Å². The van der Waals surface area contributed by atoms with Crippen molar-refractivity contribution >= 4 is 11.6 Å². The summed E-state index contributed by atoms with van der Waals surface area (Å²) in [7, 11) is 0. The number of hydrogen-bond acceptors (Lipinski definition) is 5. The molecule has 5 aliphatic rings. The van der Waals surface area contributed by atoms with Crippen LogP contribution in [0.3, 0.4) is 0 Å². The molecule has 8 atom stereocenters. The molecule has 144 valence electrons. The molecule has 0 amide bonds. The van der Waals surface area contributed by atoms with Gasteiger partial charge in [0.2, 0.25) is 5.79 Å². The molecule has 1 unspecified atom stereocenters. The van der Waals surface area contributed by atoms with Crippen LogP contribution in [0.15, 0.2) is 0 Å². The van der Waals surface area contributed by atoms with Crippen molar-refractivity contribution in [3.63, 3.8) is 0 Å². The van der Waals surface area contributed by atoms with Gasteiger partial charge >= 0.3 is 0 Å². The monoisotopic (exact) mass is 373 g/mol. The first-order valence-electron chi connectivity index (χ1n) is 9.99. The lowest BCUT2D eigenvalue weighted by Gasteiger charge is -2.60. The molecule has 1 aliphatic carbocycles. The second kappa shape index (κ2) is 6.92. The molecule has 5 nitrogen and oxygen atoms in total. The van der Waals surface area contributed by atoms with Gasteiger partial charge in [-0.15, -0.1) is 11.6 Å². The number of nitrogens with one attached hydrogen (secondary N) is 1. The van der Waals surface area contributed by atoms with E-state index in [1.807, 2.05) is 6.92 Å². The van der Waals surface area contributed by atoms with E-state index in [0.29, 0.717) is 29.6 Å². The molecule has 2 bridgehead atoms. The van der Waals surface area contributed by atoms with E-state index >= 15 is 0 Å². The van der Waals surface area contributed by atoms with E-state index < -0.39 is 11.4 Å². The van der Waals surface area contributed by atoms with E-state index in [4.69, 9.17) is 30.8 Å². The predicted octanol–water partition coefficient (Wildman–Crippen LogP) is 3.80. The van der Waals surface area contributed by atoms with Crippen LogP contribution in [0.5, 0.6) is 0 Å². The Hall–Kier alpha value is 0.0900. The maximum atomic E-state index is 6.47. The fourth-order valence-electron chi connectivity index (χ4n) is 5.60. The SMILES string of the molecule is C[C@@H]1CC[C@H]2[C@@H](C)C(NCCCCCl)O[C@@H]3O[C@]4(C)CC[C@@H]1[C@]32OO4. The molecule has 4 heterocycles. The lowest BCUT2D eigenvalue weighted by molar-refractivity contribution is -0.571. The van der Waals surface area contributed by atoms with Crippen molar-refractivity contribution in [3.8, 4) is 0 Å². The van der Waals surface area contributed by atoms with Crippen molar-refractivity contribution in [2.45, 2.75) is 83.2 Å². The number of unbranched alkanes of at least 4 members (excludes halogenated alkanes) is 1. The van der Waals surface area contributed by atoms with E-state index in [1.165, 1.54) is 6.42 Å². The molecule has 0 aromatic carbocycles. The minimum absolute atomic E-state index is 0.00319. The van der Waals surface area contributed by atoms with Crippen LogP contribution in [0, 0.1) is 23.7 Å². The van der Waals surface area contributed by atoms with E-state index in [2.05, 4.69) is 19.2 Å². The summed E-state index contributed by atoms with van der Waals surface area (Å²) in [5.41, 5.74) is -0.457. The van der Waals surface area contributed by atoms with Crippen LogP contribution >= 0.6 is 11.6 Å². The van der Waals surface area contributed by atoms with Crippen LogP contribution < -0.4 is 5.32 Å². The summed E-state index contributed by atoms with van der Waals surface area (Å²) < 4.78 is 12.8. The zero-order valence-corrected chi connectivity index (χ0v) is 16.4. The Bertz CT molecular complexity index is 494. The number of fused-ring (bicyclic) bond motifs is 2. The smallest absolute Gasteiger partial charge is 0.201 e. The van der Waals surface area contributed by atoms with Crippen LogP contribution in [0.4, 0.5) is 0 Å². The largest absolute Gasteiger partial charge is 0.331 e. The molecule has 4 saturated heterocycles. The van der Waals surface area contributed by atoms with Crippen molar-refractivity contribution < 1.29 is 19.2 Å². The van der Waals surface area contributed by atoms with Gasteiger partial charge in [-0.05, 0) is 57.4 Å². The van der Waals surface area contributed by atoms with Gasteiger partial charge in [-0.1, -0.05) is 13.8 Å². The molecule has 25 heavy (non-hydrogen) atoms. The van der Waals surface area contributed by atoms with E-state index in [-0.39, 0.29) is 12.5 Å². The Morgan fingerprint density at radius 2 is 1.92 bits per heavy atom. The molecule has 1 saturated carbocycles. The van der Waals surface area contributed by atoms with Gasteiger partial charge in [0.15, 0.2) is 11.9 Å². The van der Waals surface area contributed by atoms with Gasteiger partial charge < -0.3 is 9.47 Å². The third kappa shape index (κ3) is 2.95. The van der Waals surface area contributed by atoms with Crippen molar-refractivity contribution in [2.75, 3.05) is 12.4 Å². The first kappa shape index (κ1) is 18.5. The Morgan fingerprint density at radius 3 is 2.72 bits per heavy atom. The predicted molar refractivity (Wildman–Crippen MR) is 94.8 cm³/mol. The third-order valence-electron chi connectivity index (χ3n) is 7.06. The molecule has 4 aliphatic heterocycles. The van der Waals surface area contributed by atoms with Crippen molar-refractivity contribution in [3.05, 3.63) is 0 Å². The minimum atomic E-state index is -0.693. The molecule has 5 rings (SSSR count). The summed E-state index contributed by atoms with van der Waals surface area (Å²) in [4.78, 5) is 12.0. The Morgan fingerprint density at radius 1 is 1.08 bits per heavy atom. The summed E-state index contributed by atoms with van der Waals surface area (Å²) >= 11 is 5.79. The first-order valence-corrected chi connectivity index (χ1v) is 10.5. The highest BCUT2D eigenvalue weighted by Gasteiger charge is 2.69. The van der Waals surface area contributed by atoms with Crippen LogP contribution in [0.1, 0.15) is 59.3 Å². The summed E-state index contributed by atoms with van der Waals surface area (Å²) in [5.74, 6) is 1.80. The fraction of sp³-hybridized carbons (Fsp3) is 1.00. The maximum Gasteiger partial charge on any atom is 0.201 e. The third-order valence-corrected chi connectivity index (χ3v) is 7.33. The number of ether oxygens (including phenoxy) is 2. The number of hydrogen-bond donors (Lipinski definition) is 1. The molecule has 0 aromatic rings. The highest BCUT2D eigenvalue weighted by atomic mass is 35.5. The first-order chi connectivity index (χ1) is 12.0. The quantitative estimate of drug-likeness (QED) is 0.451. The van der Waals surface area contributed by atoms with Crippen LogP contribution in [0.25, 0.3) is 0 Å².